The van der Waals surface area contributed by atoms with Crippen LogP contribution < -0.4 is 0 Å². The Morgan fingerprint density at radius 2 is 2.33 bits per heavy atom. The molecule has 2 N–H and O–H groups in total. The highest BCUT2D eigenvalue weighted by atomic mass is 35.5. The number of halogens is 1. The molecular weight excluding hydrogens is 216 g/mol. The Hall–Kier alpha value is -1.46. The largest absolute Gasteiger partial charge is 0.390 e. The van der Waals surface area contributed by atoms with Crippen LogP contribution >= 0.6 is 11.6 Å². The summed E-state index contributed by atoms with van der Waals surface area (Å²) in [6, 6.07) is 1.64. The summed E-state index contributed by atoms with van der Waals surface area (Å²) in [5.41, 5.74) is 1.81. The molecule has 2 aromatic rings. The third kappa shape index (κ3) is 1.84. The predicted molar refractivity (Wildman–Crippen MR) is 55.3 cm³/mol. The Kier molecular flexibility index (Phi) is 2.66. The van der Waals surface area contributed by atoms with Crippen LogP contribution in [0.2, 0.25) is 5.02 Å². The highest BCUT2D eigenvalue weighted by Gasteiger charge is 2.12. The van der Waals surface area contributed by atoms with Gasteiger partial charge in [0.05, 0.1) is 23.0 Å². The first-order valence-corrected chi connectivity index (χ1v) is 4.73. The van der Waals surface area contributed by atoms with Gasteiger partial charge in [-0.15, -0.1) is 0 Å². The van der Waals surface area contributed by atoms with Crippen molar-refractivity contribution in [1.29, 1.82) is 0 Å². The first-order chi connectivity index (χ1) is 7.22. The number of hydrogen-bond acceptors (Lipinski definition) is 4. The van der Waals surface area contributed by atoms with Gasteiger partial charge in [-0.25, -0.2) is 9.97 Å². The fraction of sp³-hybridized carbons (Fsp3) is 0.222. The smallest absolute Gasteiger partial charge is 0.181 e. The number of aliphatic hydroxyl groups excluding tert-OH is 1. The lowest BCUT2D eigenvalue weighted by Crippen LogP contribution is -1.95. The van der Waals surface area contributed by atoms with Gasteiger partial charge in [-0.3, -0.25) is 5.10 Å². The number of rotatable bonds is 2. The first-order valence-electron chi connectivity index (χ1n) is 4.36. The zero-order chi connectivity index (χ0) is 10.8. The molecule has 0 saturated carbocycles. The number of hydrogen-bond donors (Lipinski definition) is 2. The molecule has 15 heavy (non-hydrogen) atoms. The third-order valence-corrected chi connectivity index (χ3v) is 2.42. The second-order valence-electron chi connectivity index (χ2n) is 3.04. The molecule has 2 aromatic heterocycles. The average molecular weight is 225 g/mol. The van der Waals surface area contributed by atoms with Crippen molar-refractivity contribution in [3.8, 4) is 11.5 Å². The maximum absolute atomic E-state index is 8.93. The Bertz CT molecular complexity index is 483. The van der Waals surface area contributed by atoms with Crippen molar-refractivity contribution in [3.63, 3.8) is 0 Å². The molecule has 0 aliphatic rings. The number of aliphatic hydroxyl groups is 1. The molecule has 78 valence electrons. The van der Waals surface area contributed by atoms with Crippen LogP contribution in [0.3, 0.4) is 0 Å². The van der Waals surface area contributed by atoms with Gasteiger partial charge in [0.15, 0.2) is 5.82 Å². The van der Waals surface area contributed by atoms with Gasteiger partial charge in [0.25, 0.3) is 0 Å². The van der Waals surface area contributed by atoms with Crippen molar-refractivity contribution in [2.75, 3.05) is 0 Å². The van der Waals surface area contributed by atoms with E-state index in [-0.39, 0.29) is 6.61 Å². The van der Waals surface area contributed by atoms with Gasteiger partial charge in [-0.05, 0) is 13.0 Å². The molecule has 0 unspecified atom stereocenters. The summed E-state index contributed by atoms with van der Waals surface area (Å²) in [4.78, 5) is 8.15. The quantitative estimate of drug-likeness (QED) is 0.807. The average Bonchev–Trinajstić information content (AvgIpc) is 2.60. The molecule has 0 aromatic carbocycles. The van der Waals surface area contributed by atoms with Crippen LogP contribution in [0.25, 0.3) is 11.5 Å². The summed E-state index contributed by atoms with van der Waals surface area (Å²) < 4.78 is 0. The molecule has 2 rings (SSSR count). The van der Waals surface area contributed by atoms with Crippen LogP contribution in [0.5, 0.6) is 0 Å². The minimum Gasteiger partial charge on any atom is -0.390 e. The van der Waals surface area contributed by atoms with Crippen molar-refractivity contribution in [2.45, 2.75) is 13.5 Å². The summed E-state index contributed by atoms with van der Waals surface area (Å²) in [6.07, 6.45) is 1.56. The predicted octanol–water partition coefficient (Wildman–Crippen LogP) is 1.32. The second kappa shape index (κ2) is 3.96. The van der Waals surface area contributed by atoms with Crippen molar-refractivity contribution in [3.05, 3.63) is 28.7 Å². The molecule has 0 atom stereocenters. The lowest BCUT2D eigenvalue weighted by atomic mass is 10.3. The van der Waals surface area contributed by atoms with E-state index in [4.69, 9.17) is 16.7 Å². The standard InChI is InChI=1S/C9H9ClN4O/c1-5-7(10)8(14-13-5)9-11-3-2-6(4-15)12-9/h2-3,15H,4H2,1H3,(H,13,14). The Morgan fingerprint density at radius 3 is 2.93 bits per heavy atom. The molecule has 5 nitrogen and oxygen atoms in total. The van der Waals surface area contributed by atoms with Gasteiger partial charge < -0.3 is 5.11 Å². The molecule has 0 aliphatic carbocycles. The molecule has 6 heteroatoms. The van der Waals surface area contributed by atoms with Crippen LogP contribution in [0.1, 0.15) is 11.4 Å². The van der Waals surface area contributed by atoms with E-state index < -0.39 is 0 Å². The van der Waals surface area contributed by atoms with Crippen LogP contribution in [0, 0.1) is 6.92 Å². The SMILES string of the molecule is Cc1[nH]nc(-c2nccc(CO)n2)c1Cl. The number of aromatic amines is 1. The summed E-state index contributed by atoms with van der Waals surface area (Å²) in [5.74, 6) is 0.413. The maximum atomic E-state index is 8.93. The minimum absolute atomic E-state index is 0.128. The highest BCUT2D eigenvalue weighted by molar-refractivity contribution is 6.33. The number of nitrogens with zero attached hydrogens (tertiary/aromatic N) is 3. The summed E-state index contributed by atoms with van der Waals surface area (Å²) >= 11 is 6.00. The molecule has 0 bridgehead atoms. The highest BCUT2D eigenvalue weighted by Crippen LogP contribution is 2.24. The lowest BCUT2D eigenvalue weighted by Gasteiger charge is -1.98. The first kappa shape index (κ1) is 10.1. The van der Waals surface area contributed by atoms with E-state index in [0.29, 0.717) is 22.2 Å². The van der Waals surface area contributed by atoms with Crippen molar-refractivity contribution >= 4 is 11.6 Å². The van der Waals surface area contributed by atoms with Crippen LogP contribution in [-0.2, 0) is 6.61 Å². The molecule has 0 aliphatic heterocycles. The summed E-state index contributed by atoms with van der Waals surface area (Å²) in [5, 5.41) is 16.2. The molecule has 2 heterocycles. The monoisotopic (exact) mass is 224 g/mol. The maximum Gasteiger partial charge on any atom is 0.181 e. The Morgan fingerprint density at radius 1 is 1.53 bits per heavy atom. The zero-order valence-electron chi connectivity index (χ0n) is 8.03. The fourth-order valence-corrected chi connectivity index (χ4v) is 1.33. The van der Waals surface area contributed by atoms with E-state index in [0.717, 1.165) is 5.69 Å². The normalized spacial score (nSPS) is 10.6. The van der Waals surface area contributed by atoms with E-state index in [9.17, 15) is 0 Å². The van der Waals surface area contributed by atoms with Crippen molar-refractivity contribution in [1.82, 2.24) is 20.2 Å². The van der Waals surface area contributed by atoms with Gasteiger partial charge in [-0.2, -0.15) is 5.10 Å². The number of H-pyrrole nitrogens is 1. The van der Waals surface area contributed by atoms with Crippen molar-refractivity contribution < 1.29 is 5.11 Å². The van der Waals surface area contributed by atoms with Gasteiger partial charge in [0.1, 0.15) is 5.69 Å². The molecule has 0 amide bonds. The molecule has 0 fully saturated rings. The van der Waals surface area contributed by atoms with Gasteiger partial charge in [0, 0.05) is 6.20 Å². The Labute approximate surface area is 91.2 Å². The van der Waals surface area contributed by atoms with E-state index in [2.05, 4.69) is 20.2 Å². The van der Waals surface area contributed by atoms with Crippen LogP contribution in [0.4, 0.5) is 0 Å². The van der Waals surface area contributed by atoms with E-state index >= 15 is 0 Å². The molecular formula is C9H9ClN4O. The number of aromatic nitrogens is 4. The summed E-state index contributed by atoms with van der Waals surface area (Å²) in [6.45, 7) is 1.69. The number of aryl methyl sites for hydroxylation is 1. The van der Waals surface area contributed by atoms with Gasteiger partial charge >= 0.3 is 0 Å². The molecule has 0 radical (unpaired) electrons. The van der Waals surface area contributed by atoms with E-state index in [1.54, 1.807) is 12.3 Å². The molecule has 0 spiro atoms. The lowest BCUT2D eigenvalue weighted by molar-refractivity contribution is 0.277. The zero-order valence-corrected chi connectivity index (χ0v) is 8.78. The third-order valence-electron chi connectivity index (χ3n) is 1.96. The van der Waals surface area contributed by atoms with Crippen LogP contribution in [0.15, 0.2) is 12.3 Å². The van der Waals surface area contributed by atoms with E-state index in [1.807, 2.05) is 6.92 Å². The second-order valence-corrected chi connectivity index (χ2v) is 3.42. The fourth-order valence-electron chi connectivity index (χ4n) is 1.16. The van der Waals surface area contributed by atoms with E-state index in [1.165, 1.54) is 0 Å². The van der Waals surface area contributed by atoms with Gasteiger partial charge in [0.2, 0.25) is 0 Å². The minimum atomic E-state index is -0.128. The van der Waals surface area contributed by atoms with Gasteiger partial charge in [-0.1, -0.05) is 11.6 Å². The summed E-state index contributed by atoms with van der Waals surface area (Å²) in [7, 11) is 0. The van der Waals surface area contributed by atoms with Crippen molar-refractivity contribution in [2.24, 2.45) is 0 Å². The molecule has 0 saturated heterocycles. The Balaban J connectivity index is 2.49. The van der Waals surface area contributed by atoms with Crippen LogP contribution in [-0.4, -0.2) is 25.3 Å². The number of nitrogens with one attached hydrogen (secondary N) is 1. The topological polar surface area (TPSA) is 74.7 Å².